The monoisotopic (exact) mass is 169 g/mol. The molecule has 4 N–H and O–H groups in total. The van der Waals surface area contributed by atoms with Gasteiger partial charge in [-0.05, 0) is 0 Å². The van der Waals surface area contributed by atoms with Gasteiger partial charge in [0.15, 0.2) is 0 Å². The van der Waals surface area contributed by atoms with Crippen molar-refractivity contribution < 1.29 is 30.0 Å². The normalized spacial score (nSPS) is 8.29. The average molecular weight is 169 g/mol. The molecular weight excluding hydrogens is 162 g/mol. The van der Waals surface area contributed by atoms with Gasteiger partial charge in [0.05, 0.1) is 6.26 Å². The van der Waals surface area contributed by atoms with Gasteiger partial charge >= 0.3 is 0 Å². The zero-order valence-electron chi connectivity index (χ0n) is 3.73. The van der Waals surface area contributed by atoms with Crippen LogP contribution in [0.2, 0.25) is 0 Å². The van der Waals surface area contributed by atoms with Crippen molar-refractivity contribution in [3.63, 3.8) is 0 Å². The van der Waals surface area contributed by atoms with Crippen molar-refractivity contribution in [1.82, 2.24) is 6.15 Å². The van der Waals surface area contributed by atoms with Gasteiger partial charge in [0.2, 0.25) is 0 Å². The van der Waals surface area contributed by atoms with E-state index in [9.17, 15) is 8.42 Å². The Balaban J connectivity index is -0.0000000800. The van der Waals surface area contributed by atoms with Gasteiger partial charge < -0.3 is 6.15 Å². The second-order valence-corrected chi connectivity index (χ2v) is 2.20. The molecule has 7 heavy (non-hydrogen) atoms. The Hall–Kier alpha value is 0.389. The van der Waals surface area contributed by atoms with Crippen LogP contribution in [-0.4, -0.2) is 19.2 Å². The molecule has 0 unspecified atom stereocenters. The molecule has 0 heterocycles. The molecule has 0 aromatic carbocycles. The second kappa shape index (κ2) is 4.55. The van der Waals surface area contributed by atoms with Crippen LogP contribution in [0.25, 0.3) is 0 Å². The first-order valence-electron chi connectivity index (χ1n) is 0.924. The van der Waals surface area contributed by atoms with E-state index in [2.05, 4.69) is 0 Å². The third kappa shape index (κ3) is 812. The second-order valence-electron chi connectivity index (χ2n) is 0.733. The van der Waals surface area contributed by atoms with Crippen molar-refractivity contribution in [3.05, 3.63) is 0 Å². The van der Waals surface area contributed by atoms with Crippen molar-refractivity contribution in [1.29, 1.82) is 0 Å². The minimum Gasteiger partial charge on any atom is -0.344 e. The first-order chi connectivity index (χ1) is 2.00. The van der Waals surface area contributed by atoms with Crippen LogP contribution in [0, 0.1) is 0 Å². The molecule has 0 amide bonds. The zero-order valence-corrected chi connectivity index (χ0v) is 5.65. The Morgan fingerprint density at radius 1 is 1.43 bits per heavy atom. The van der Waals surface area contributed by atoms with Gasteiger partial charge in [0.25, 0.3) is 10.1 Å². The maximum Gasteiger partial charge on any atom is 0.261 e. The summed E-state index contributed by atoms with van der Waals surface area (Å²) in [6.45, 7) is 0. The quantitative estimate of drug-likeness (QED) is 0.383. The summed E-state index contributed by atoms with van der Waals surface area (Å²) in [5.74, 6) is 0. The SMILES string of the molecule is CS(=O)(=O)O.N.[Fe]. The van der Waals surface area contributed by atoms with E-state index in [1.165, 1.54) is 0 Å². The summed E-state index contributed by atoms with van der Waals surface area (Å²) in [7, 11) is -3.67. The van der Waals surface area contributed by atoms with E-state index < -0.39 is 10.1 Å². The fourth-order valence-corrected chi connectivity index (χ4v) is 0. The van der Waals surface area contributed by atoms with Gasteiger partial charge in [0.1, 0.15) is 0 Å². The van der Waals surface area contributed by atoms with Crippen LogP contribution >= 0.6 is 0 Å². The van der Waals surface area contributed by atoms with Crippen molar-refractivity contribution in [2.75, 3.05) is 6.26 Å². The smallest absolute Gasteiger partial charge is 0.261 e. The van der Waals surface area contributed by atoms with Crippen LogP contribution in [0.5, 0.6) is 0 Å². The van der Waals surface area contributed by atoms with Gasteiger partial charge in [-0.3, -0.25) is 4.55 Å². The minimum atomic E-state index is -3.67. The number of hydrogen-bond acceptors (Lipinski definition) is 3. The molecule has 6 heteroatoms. The van der Waals surface area contributed by atoms with E-state index in [1.807, 2.05) is 0 Å². The Kier molecular flexibility index (Phi) is 10.2. The molecule has 0 fully saturated rings. The van der Waals surface area contributed by atoms with Crippen molar-refractivity contribution in [3.8, 4) is 0 Å². The summed E-state index contributed by atoms with van der Waals surface area (Å²) in [6, 6.07) is 0. The van der Waals surface area contributed by atoms with Crippen LogP contribution in [0.15, 0.2) is 0 Å². The summed E-state index contributed by atoms with van der Waals surface area (Å²) >= 11 is 0. The Morgan fingerprint density at radius 2 is 1.43 bits per heavy atom. The molecule has 0 radical (unpaired) electrons. The Morgan fingerprint density at radius 3 is 1.43 bits per heavy atom. The molecule has 0 rings (SSSR count). The fraction of sp³-hybridized carbons (Fsp3) is 1.00. The van der Waals surface area contributed by atoms with Crippen molar-refractivity contribution in [2.24, 2.45) is 0 Å². The van der Waals surface area contributed by atoms with Crippen molar-refractivity contribution in [2.45, 2.75) is 0 Å². The van der Waals surface area contributed by atoms with Gasteiger partial charge in [-0.2, -0.15) is 8.42 Å². The maximum absolute atomic E-state index is 9.19. The standard InChI is InChI=1S/CH4O3S.Fe.H3N/c1-5(2,3)4;;/h1H3,(H,2,3,4);;1H3. The largest absolute Gasteiger partial charge is 0.344 e. The fourth-order valence-electron chi connectivity index (χ4n) is 0. The maximum atomic E-state index is 9.19. The van der Waals surface area contributed by atoms with Crippen LogP contribution in [0.3, 0.4) is 0 Å². The predicted molar refractivity (Wildman–Crippen MR) is 22.5 cm³/mol. The molecule has 0 aliphatic heterocycles. The van der Waals surface area contributed by atoms with Crippen molar-refractivity contribution >= 4 is 10.1 Å². The average Bonchev–Trinajstić information content (AvgIpc) is 0.722. The Labute approximate surface area is 53.1 Å². The van der Waals surface area contributed by atoms with Gasteiger partial charge in [0, 0.05) is 17.1 Å². The molecule has 0 saturated heterocycles. The van der Waals surface area contributed by atoms with Gasteiger partial charge in [-0.15, -0.1) is 0 Å². The van der Waals surface area contributed by atoms with E-state index in [0.717, 1.165) is 0 Å². The third-order valence-corrected chi connectivity index (χ3v) is 0. The van der Waals surface area contributed by atoms with Crippen LogP contribution < -0.4 is 6.15 Å². The zero-order chi connectivity index (χ0) is 4.50. The van der Waals surface area contributed by atoms with E-state index in [1.54, 1.807) is 0 Å². The molecule has 0 saturated carbocycles. The summed E-state index contributed by atoms with van der Waals surface area (Å²) in [6.07, 6.45) is 0.715. The first-order valence-corrected chi connectivity index (χ1v) is 2.77. The van der Waals surface area contributed by atoms with E-state index in [4.69, 9.17) is 4.55 Å². The predicted octanol–water partition coefficient (Wildman–Crippen LogP) is -0.336. The summed E-state index contributed by atoms with van der Waals surface area (Å²) < 4.78 is 25.9. The van der Waals surface area contributed by atoms with Crippen LogP contribution in [0.4, 0.5) is 0 Å². The molecule has 0 aliphatic rings. The number of rotatable bonds is 0. The molecule has 48 valence electrons. The van der Waals surface area contributed by atoms with E-state index >= 15 is 0 Å². The molecule has 0 spiro atoms. The molecule has 0 aliphatic carbocycles. The van der Waals surface area contributed by atoms with Crippen LogP contribution in [0.1, 0.15) is 0 Å². The van der Waals surface area contributed by atoms with Gasteiger partial charge in [-0.1, -0.05) is 0 Å². The van der Waals surface area contributed by atoms with E-state index in [0.29, 0.717) is 6.26 Å². The minimum absolute atomic E-state index is 0. The van der Waals surface area contributed by atoms with Gasteiger partial charge in [-0.25, -0.2) is 0 Å². The molecule has 0 atom stereocenters. The topological polar surface area (TPSA) is 89.4 Å². The molecule has 0 aromatic rings. The summed E-state index contributed by atoms with van der Waals surface area (Å²) in [5.41, 5.74) is 0. The third-order valence-electron chi connectivity index (χ3n) is 0. The molecule has 4 nitrogen and oxygen atoms in total. The molecule has 0 bridgehead atoms. The summed E-state index contributed by atoms with van der Waals surface area (Å²) in [5, 5.41) is 0. The molecular formula is CH7FeNO3S. The van der Waals surface area contributed by atoms with E-state index in [-0.39, 0.29) is 23.2 Å². The summed E-state index contributed by atoms with van der Waals surface area (Å²) in [4.78, 5) is 0. The number of hydrogen-bond donors (Lipinski definition) is 2. The molecule has 0 aromatic heterocycles. The Bertz CT molecular complexity index is 98.1. The first kappa shape index (κ1) is 15.7. The van der Waals surface area contributed by atoms with Crippen LogP contribution in [-0.2, 0) is 27.2 Å².